The molecule has 1 aromatic carbocycles. The minimum absolute atomic E-state index is 0.0749. The van der Waals surface area contributed by atoms with Gasteiger partial charge in [-0.3, -0.25) is 14.4 Å². The summed E-state index contributed by atoms with van der Waals surface area (Å²) in [4.78, 5) is 37.2. The summed E-state index contributed by atoms with van der Waals surface area (Å²) in [6.07, 6.45) is 0.124. The van der Waals surface area contributed by atoms with Crippen molar-refractivity contribution in [2.75, 3.05) is 32.6 Å². The van der Waals surface area contributed by atoms with Gasteiger partial charge in [-0.25, -0.2) is 0 Å². The SMILES string of the molecule is COc1cccc(NC(=O)CN(C)C(=O)CCNC(=O)c2ccsc2)c1. The minimum Gasteiger partial charge on any atom is -0.497 e. The van der Waals surface area contributed by atoms with Gasteiger partial charge in [0.1, 0.15) is 5.75 Å². The van der Waals surface area contributed by atoms with Gasteiger partial charge >= 0.3 is 0 Å². The Morgan fingerprint density at radius 3 is 2.73 bits per heavy atom. The average molecular weight is 375 g/mol. The first-order valence-corrected chi connectivity index (χ1v) is 8.92. The molecule has 0 fully saturated rings. The van der Waals surface area contributed by atoms with Crippen LogP contribution < -0.4 is 15.4 Å². The van der Waals surface area contributed by atoms with Crippen LogP contribution in [-0.2, 0) is 9.59 Å². The predicted octanol–water partition coefficient (Wildman–Crippen LogP) is 1.97. The molecule has 0 atom stereocenters. The number of ether oxygens (including phenoxy) is 1. The summed E-state index contributed by atoms with van der Waals surface area (Å²) in [5.41, 5.74) is 1.17. The number of likely N-dealkylation sites (N-methyl/N-ethyl adjacent to an activating group) is 1. The molecule has 0 saturated heterocycles. The minimum atomic E-state index is -0.309. The number of thiophene rings is 1. The molecule has 2 rings (SSSR count). The molecule has 0 spiro atoms. The average Bonchev–Trinajstić information content (AvgIpc) is 3.16. The van der Waals surface area contributed by atoms with E-state index in [0.29, 0.717) is 17.0 Å². The maximum atomic E-state index is 12.1. The smallest absolute Gasteiger partial charge is 0.252 e. The molecular weight excluding hydrogens is 354 g/mol. The zero-order valence-electron chi connectivity index (χ0n) is 14.7. The Bertz CT molecular complexity index is 762. The molecule has 0 aliphatic carbocycles. The monoisotopic (exact) mass is 375 g/mol. The Labute approximate surface area is 156 Å². The van der Waals surface area contributed by atoms with E-state index in [0.717, 1.165) is 0 Å². The van der Waals surface area contributed by atoms with Gasteiger partial charge in [-0.1, -0.05) is 6.07 Å². The van der Waals surface area contributed by atoms with Crippen molar-refractivity contribution in [1.82, 2.24) is 10.2 Å². The summed E-state index contributed by atoms with van der Waals surface area (Å²) < 4.78 is 5.10. The van der Waals surface area contributed by atoms with E-state index in [-0.39, 0.29) is 37.2 Å². The second kappa shape index (κ2) is 9.57. The van der Waals surface area contributed by atoms with Crippen LogP contribution in [0.5, 0.6) is 5.75 Å². The standard InChI is InChI=1S/C18H21N3O4S/c1-21(11-16(22)20-14-4-3-5-15(10-14)25-2)17(23)6-8-19-18(24)13-7-9-26-12-13/h3-5,7,9-10,12H,6,8,11H2,1-2H3,(H,19,24)(H,20,22). The van der Waals surface area contributed by atoms with Gasteiger partial charge in [0.2, 0.25) is 11.8 Å². The molecule has 0 radical (unpaired) electrons. The molecule has 8 heteroatoms. The molecule has 0 saturated carbocycles. The van der Waals surface area contributed by atoms with Crippen LogP contribution >= 0.6 is 11.3 Å². The van der Waals surface area contributed by atoms with Gasteiger partial charge in [-0.2, -0.15) is 11.3 Å². The molecule has 0 aliphatic heterocycles. The maximum absolute atomic E-state index is 12.1. The fourth-order valence-corrected chi connectivity index (χ4v) is 2.81. The molecule has 7 nitrogen and oxygen atoms in total. The third-order valence-electron chi connectivity index (χ3n) is 3.57. The third-order valence-corrected chi connectivity index (χ3v) is 4.25. The topological polar surface area (TPSA) is 87.7 Å². The van der Waals surface area contributed by atoms with E-state index in [9.17, 15) is 14.4 Å². The van der Waals surface area contributed by atoms with E-state index in [2.05, 4.69) is 10.6 Å². The van der Waals surface area contributed by atoms with E-state index in [1.54, 1.807) is 49.9 Å². The number of carbonyl (C=O) groups excluding carboxylic acids is 3. The first kappa shape index (κ1) is 19.5. The number of anilines is 1. The van der Waals surface area contributed by atoms with Crippen molar-refractivity contribution in [2.45, 2.75) is 6.42 Å². The first-order valence-electron chi connectivity index (χ1n) is 7.98. The highest BCUT2D eigenvalue weighted by atomic mass is 32.1. The molecule has 2 N–H and O–H groups in total. The highest BCUT2D eigenvalue weighted by molar-refractivity contribution is 7.08. The lowest BCUT2D eigenvalue weighted by molar-refractivity contribution is -0.133. The number of nitrogens with one attached hydrogen (secondary N) is 2. The number of hydrogen-bond donors (Lipinski definition) is 2. The van der Waals surface area contributed by atoms with Crippen LogP contribution in [0.15, 0.2) is 41.1 Å². The van der Waals surface area contributed by atoms with Gasteiger partial charge in [0.05, 0.1) is 13.7 Å². The molecular formula is C18H21N3O4S. The van der Waals surface area contributed by atoms with Crippen LogP contribution in [0.3, 0.4) is 0 Å². The van der Waals surface area contributed by atoms with E-state index in [1.807, 2.05) is 5.38 Å². The van der Waals surface area contributed by atoms with E-state index < -0.39 is 0 Å². The fraction of sp³-hybridized carbons (Fsp3) is 0.278. The summed E-state index contributed by atoms with van der Waals surface area (Å²) in [7, 11) is 3.10. The molecule has 0 bridgehead atoms. The Morgan fingerprint density at radius 1 is 1.23 bits per heavy atom. The van der Waals surface area contributed by atoms with E-state index >= 15 is 0 Å². The van der Waals surface area contributed by atoms with Crippen molar-refractivity contribution in [3.8, 4) is 5.75 Å². The number of rotatable bonds is 8. The summed E-state index contributed by atoms with van der Waals surface area (Å²) in [5.74, 6) is -0.112. The molecule has 0 unspecified atom stereocenters. The number of amides is 3. The van der Waals surface area contributed by atoms with Crippen LogP contribution in [0, 0.1) is 0 Å². The van der Waals surface area contributed by atoms with Crippen LogP contribution in [0.25, 0.3) is 0 Å². The van der Waals surface area contributed by atoms with Crippen molar-refractivity contribution >= 4 is 34.7 Å². The zero-order valence-corrected chi connectivity index (χ0v) is 15.5. The normalized spacial score (nSPS) is 10.1. The molecule has 2 aromatic rings. The van der Waals surface area contributed by atoms with Crippen molar-refractivity contribution in [2.24, 2.45) is 0 Å². The Balaban J connectivity index is 1.73. The lowest BCUT2D eigenvalue weighted by Gasteiger charge is -2.17. The highest BCUT2D eigenvalue weighted by Gasteiger charge is 2.14. The van der Waals surface area contributed by atoms with Crippen molar-refractivity contribution < 1.29 is 19.1 Å². The first-order chi connectivity index (χ1) is 12.5. The van der Waals surface area contributed by atoms with Gasteiger partial charge < -0.3 is 20.3 Å². The van der Waals surface area contributed by atoms with Gasteiger partial charge in [0.15, 0.2) is 0 Å². The molecule has 1 heterocycles. The Kier molecular flexibility index (Phi) is 7.16. The van der Waals surface area contributed by atoms with Gasteiger partial charge in [0.25, 0.3) is 5.91 Å². The second-order valence-electron chi connectivity index (χ2n) is 5.55. The number of benzene rings is 1. The van der Waals surface area contributed by atoms with Crippen molar-refractivity contribution in [3.63, 3.8) is 0 Å². The van der Waals surface area contributed by atoms with Crippen LogP contribution in [-0.4, -0.2) is 49.9 Å². The summed E-state index contributed by atoms with van der Waals surface area (Å²) >= 11 is 1.43. The molecule has 3 amide bonds. The highest BCUT2D eigenvalue weighted by Crippen LogP contribution is 2.16. The number of methoxy groups -OCH3 is 1. The number of hydrogen-bond acceptors (Lipinski definition) is 5. The van der Waals surface area contributed by atoms with Gasteiger partial charge in [-0.15, -0.1) is 0 Å². The summed E-state index contributed by atoms with van der Waals surface area (Å²) in [5, 5.41) is 8.95. The molecule has 138 valence electrons. The Hall–Kier alpha value is -2.87. The molecule has 0 aliphatic rings. The lowest BCUT2D eigenvalue weighted by atomic mass is 10.3. The quantitative estimate of drug-likeness (QED) is 0.738. The fourth-order valence-electron chi connectivity index (χ4n) is 2.17. The van der Waals surface area contributed by atoms with Crippen molar-refractivity contribution in [1.29, 1.82) is 0 Å². The van der Waals surface area contributed by atoms with Crippen molar-refractivity contribution in [3.05, 3.63) is 46.7 Å². The number of nitrogens with zero attached hydrogens (tertiary/aromatic N) is 1. The summed E-state index contributed by atoms with van der Waals surface area (Å²) in [6.45, 7) is 0.143. The number of carbonyl (C=O) groups is 3. The van der Waals surface area contributed by atoms with Crippen LogP contribution in [0.2, 0.25) is 0 Å². The summed E-state index contributed by atoms with van der Waals surface area (Å²) in [6, 6.07) is 8.69. The zero-order chi connectivity index (χ0) is 18.9. The second-order valence-corrected chi connectivity index (χ2v) is 6.33. The van der Waals surface area contributed by atoms with Gasteiger partial charge in [0, 0.05) is 42.7 Å². The van der Waals surface area contributed by atoms with E-state index in [1.165, 1.54) is 16.2 Å². The van der Waals surface area contributed by atoms with Gasteiger partial charge in [-0.05, 0) is 23.6 Å². The lowest BCUT2D eigenvalue weighted by Crippen LogP contribution is -2.37. The van der Waals surface area contributed by atoms with Crippen LogP contribution in [0.4, 0.5) is 5.69 Å². The third kappa shape index (κ3) is 5.89. The largest absolute Gasteiger partial charge is 0.497 e. The molecule has 1 aromatic heterocycles. The maximum Gasteiger partial charge on any atom is 0.252 e. The Morgan fingerprint density at radius 2 is 2.04 bits per heavy atom. The van der Waals surface area contributed by atoms with E-state index in [4.69, 9.17) is 4.74 Å². The predicted molar refractivity (Wildman–Crippen MR) is 101 cm³/mol. The molecule has 26 heavy (non-hydrogen) atoms. The van der Waals surface area contributed by atoms with Crippen LogP contribution in [0.1, 0.15) is 16.8 Å².